The van der Waals surface area contributed by atoms with Gasteiger partial charge in [-0.25, -0.2) is 9.37 Å². The van der Waals surface area contributed by atoms with Crippen LogP contribution in [-0.4, -0.2) is 46.1 Å². The highest BCUT2D eigenvalue weighted by atomic mass is 19.1. The van der Waals surface area contributed by atoms with Crippen molar-refractivity contribution in [2.45, 2.75) is 13.0 Å². The first kappa shape index (κ1) is 15.9. The van der Waals surface area contributed by atoms with Crippen LogP contribution in [0.4, 0.5) is 10.1 Å². The van der Waals surface area contributed by atoms with E-state index in [1.807, 2.05) is 11.0 Å². The molecular formula is C16H17FN6O. The third kappa shape index (κ3) is 3.20. The second-order valence-electron chi connectivity index (χ2n) is 5.84. The number of nitriles is 1. The van der Waals surface area contributed by atoms with Crippen molar-refractivity contribution in [3.8, 4) is 6.07 Å². The van der Waals surface area contributed by atoms with Gasteiger partial charge in [0.05, 0.1) is 29.8 Å². The first-order valence-corrected chi connectivity index (χ1v) is 7.62. The van der Waals surface area contributed by atoms with E-state index in [4.69, 9.17) is 5.26 Å². The molecule has 1 saturated heterocycles. The van der Waals surface area contributed by atoms with Gasteiger partial charge in [-0.2, -0.15) is 10.4 Å². The molecule has 1 atom stereocenters. The number of nitrogens with one attached hydrogen (secondary N) is 1. The van der Waals surface area contributed by atoms with Crippen molar-refractivity contribution < 1.29 is 9.18 Å². The summed E-state index contributed by atoms with van der Waals surface area (Å²) in [6.45, 7) is 1.43. The summed E-state index contributed by atoms with van der Waals surface area (Å²) in [5.41, 5.74) is 0.719. The number of aromatic amines is 1. The average molecular weight is 328 g/mol. The highest BCUT2D eigenvalue weighted by Crippen LogP contribution is 2.28. The average Bonchev–Trinajstić information content (AvgIpc) is 3.25. The Kier molecular flexibility index (Phi) is 4.42. The van der Waals surface area contributed by atoms with Crippen LogP contribution in [0.3, 0.4) is 0 Å². The maximum absolute atomic E-state index is 14.1. The van der Waals surface area contributed by atoms with Crippen LogP contribution in [0, 0.1) is 23.1 Å². The predicted octanol–water partition coefficient (Wildman–Crippen LogP) is 1.30. The Bertz CT molecular complexity index is 769. The standard InChI is InChI=1S/C16H17FN6O/c1-22(9-15-19-10-20-21-15)16(24)12-4-5-23(8-12)14-3-2-11(7-18)6-13(14)17/h2-3,6,10,12H,4-5,8-9H2,1H3,(H,19,20,21). The van der Waals surface area contributed by atoms with E-state index in [2.05, 4.69) is 15.2 Å². The third-order valence-electron chi connectivity index (χ3n) is 4.18. The molecule has 1 aliphatic heterocycles. The van der Waals surface area contributed by atoms with Crippen molar-refractivity contribution in [2.24, 2.45) is 5.92 Å². The molecule has 1 N–H and O–H groups in total. The minimum absolute atomic E-state index is 0.00273. The molecule has 3 rings (SSSR count). The van der Waals surface area contributed by atoms with Gasteiger partial charge in [-0.1, -0.05) is 0 Å². The molecule has 0 radical (unpaired) electrons. The van der Waals surface area contributed by atoms with Crippen LogP contribution in [0.2, 0.25) is 0 Å². The Labute approximate surface area is 138 Å². The lowest BCUT2D eigenvalue weighted by atomic mass is 10.1. The molecule has 1 aromatic carbocycles. The Hall–Kier alpha value is -2.95. The lowest BCUT2D eigenvalue weighted by Gasteiger charge is -2.22. The molecule has 7 nitrogen and oxygen atoms in total. The Morgan fingerprint density at radius 2 is 2.42 bits per heavy atom. The quantitative estimate of drug-likeness (QED) is 0.914. The summed E-state index contributed by atoms with van der Waals surface area (Å²) < 4.78 is 14.1. The van der Waals surface area contributed by atoms with Crippen molar-refractivity contribution >= 4 is 11.6 Å². The van der Waals surface area contributed by atoms with Crippen molar-refractivity contribution in [1.29, 1.82) is 5.26 Å². The summed E-state index contributed by atoms with van der Waals surface area (Å²) in [4.78, 5) is 20.0. The van der Waals surface area contributed by atoms with Gasteiger partial charge in [0.25, 0.3) is 0 Å². The molecule has 1 aromatic heterocycles. The molecule has 1 amide bonds. The molecule has 8 heteroatoms. The summed E-state index contributed by atoms with van der Waals surface area (Å²) in [5, 5.41) is 15.3. The molecule has 0 aliphatic carbocycles. The van der Waals surface area contributed by atoms with Crippen LogP contribution in [-0.2, 0) is 11.3 Å². The fraction of sp³-hybridized carbons (Fsp3) is 0.375. The number of benzene rings is 1. The van der Waals surface area contributed by atoms with Crippen LogP contribution in [0.1, 0.15) is 17.8 Å². The fourth-order valence-electron chi connectivity index (χ4n) is 2.93. The Balaban J connectivity index is 1.64. The van der Waals surface area contributed by atoms with Gasteiger partial charge in [0.15, 0.2) is 0 Å². The van der Waals surface area contributed by atoms with Gasteiger partial charge < -0.3 is 9.80 Å². The van der Waals surface area contributed by atoms with E-state index in [0.29, 0.717) is 37.6 Å². The second-order valence-corrected chi connectivity index (χ2v) is 5.84. The van der Waals surface area contributed by atoms with E-state index in [9.17, 15) is 9.18 Å². The van der Waals surface area contributed by atoms with Crippen molar-refractivity contribution in [1.82, 2.24) is 20.1 Å². The monoisotopic (exact) mass is 328 g/mol. The van der Waals surface area contributed by atoms with E-state index < -0.39 is 5.82 Å². The number of nitrogens with zero attached hydrogens (tertiary/aromatic N) is 5. The molecule has 0 spiro atoms. The molecule has 0 saturated carbocycles. The number of carbonyl (C=O) groups excluding carboxylic acids is 1. The highest BCUT2D eigenvalue weighted by molar-refractivity contribution is 5.80. The van der Waals surface area contributed by atoms with Gasteiger partial charge in [-0.15, -0.1) is 0 Å². The number of hydrogen-bond acceptors (Lipinski definition) is 5. The number of amides is 1. The maximum Gasteiger partial charge on any atom is 0.227 e. The summed E-state index contributed by atoms with van der Waals surface area (Å²) in [6.07, 6.45) is 2.07. The smallest absolute Gasteiger partial charge is 0.227 e. The summed E-state index contributed by atoms with van der Waals surface area (Å²) in [5.74, 6) is 0.00641. The first-order valence-electron chi connectivity index (χ1n) is 7.62. The SMILES string of the molecule is CN(Cc1ncn[nH]1)C(=O)C1CCN(c2ccc(C#N)cc2F)C1. The molecule has 2 aromatic rings. The lowest BCUT2D eigenvalue weighted by molar-refractivity contribution is -0.134. The van der Waals surface area contributed by atoms with Crippen molar-refractivity contribution in [3.63, 3.8) is 0 Å². The summed E-state index contributed by atoms with van der Waals surface area (Å²) in [7, 11) is 1.72. The fourth-order valence-corrected chi connectivity index (χ4v) is 2.93. The first-order chi connectivity index (χ1) is 11.6. The van der Waals surface area contributed by atoms with E-state index >= 15 is 0 Å². The molecule has 1 fully saturated rings. The molecule has 1 aliphatic rings. The van der Waals surface area contributed by atoms with Crippen LogP contribution in [0.5, 0.6) is 0 Å². The number of hydrogen-bond donors (Lipinski definition) is 1. The van der Waals surface area contributed by atoms with E-state index in [-0.39, 0.29) is 17.4 Å². The Morgan fingerprint density at radius 3 is 3.08 bits per heavy atom. The van der Waals surface area contributed by atoms with Gasteiger partial charge in [0, 0.05) is 20.1 Å². The van der Waals surface area contributed by atoms with Gasteiger partial charge >= 0.3 is 0 Å². The zero-order valence-electron chi connectivity index (χ0n) is 13.2. The molecule has 0 bridgehead atoms. The molecule has 1 unspecified atom stereocenters. The third-order valence-corrected chi connectivity index (χ3v) is 4.18. The topological polar surface area (TPSA) is 88.9 Å². The minimum atomic E-state index is -0.433. The molecule has 24 heavy (non-hydrogen) atoms. The second kappa shape index (κ2) is 6.66. The van der Waals surface area contributed by atoms with Crippen LogP contribution >= 0.6 is 0 Å². The zero-order chi connectivity index (χ0) is 17.1. The number of anilines is 1. The normalized spacial score (nSPS) is 16.9. The number of H-pyrrole nitrogens is 1. The maximum atomic E-state index is 14.1. The van der Waals surface area contributed by atoms with Crippen LogP contribution in [0.25, 0.3) is 0 Å². The van der Waals surface area contributed by atoms with E-state index in [0.717, 1.165) is 0 Å². The van der Waals surface area contributed by atoms with Gasteiger partial charge in [-0.3, -0.25) is 9.89 Å². The number of halogens is 1. The van der Waals surface area contributed by atoms with Gasteiger partial charge in [0.1, 0.15) is 18.0 Å². The van der Waals surface area contributed by atoms with Gasteiger partial charge in [-0.05, 0) is 24.6 Å². The van der Waals surface area contributed by atoms with Gasteiger partial charge in [0.2, 0.25) is 5.91 Å². The van der Waals surface area contributed by atoms with Crippen molar-refractivity contribution in [2.75, 3.05) is 25.0 Å². The highest BCUT2D eigenvalue weighted by Gasteiger charge is 2.31. The number of aromatic nitrogens is 3. The lowest BCUT2D eigenvalue weighted by Crippen LogP contribution is -2.34. The summed E-state index contributed by atoms with van der Waals surface area (Å²) >= 11 is 0. The zero-order valence-corrected chi connectivity index (χ0v) is 13.2. The minimum Gasteiger partial charge on any atom is -0.368 e. The summed E-state index contributed by atoms with van der Waals surface area (Å²) in [6, 6.07) is 6.32. The molecule has 2 heterocycles. The Morgan fingerprint density at radius 1 is 1.58 bits per heavy atom. The number of carbonyl (C=O) groups is 1. The molecule has 124 valence electrons. The van der Waals surface area contributed by atoms with E-state index in [1.165, 1.54) is 12.4 Å². The van der Waals surface area contributed by atoms with E-state index in [1.54, 1.807) is 24.1 Å². The van der Waals surface area contributed by atoms with Crippen molar-refractivity contribution in [3.05, 3.63) is 41.7 Å². The van der Waals surface area contributed by atoms with Crippen LogP contribution < -0.4 is 4.90 Å². The largest absolute Gasteiger partial charge is 0.368 e. The predicted molar refractivity (Wildman–Crippen MR) is 84.3 cm³/mol. The molecular weight excluding hydrogens is 311 g/mol. The number of rotatable bonds is 4. The van der Waals surface area contributed by atoms with Crippen LogP contribution in [0.15, 0.2) is 24.5 Å².